The van der Waals surface area contributed by atoms with Gasteiger partial charge < -0.3 is 0 Å². The lowest BCUT2D eigenvalue weighted by Gasteiger charge is -2.24. The molecule has 0 N–H and O–H groups in total. The minimum Gasteiger partial charge on any atom is -0.171 e. The fourth-order valence-corrected chi connectivity index (χ4v) is 1.61. The Bertz CT molecular complexity index is 112. The molecule has 1 unspecified atom stereocenters. The first-order chi connectivity index (χ1) is 4.69. The average molecular weight is 250 g/mol. The van der Waals surface area contributed by atoms with Gasteiger partial charge in [0.2, 0.25) is 3.79 Å². The topological polar surface area (TPSA) is 0 Å². The lowest BCUT2D eigenvalue weighted by Crippen LogP contribution is -2.35. The van der Waals surface area contributed by atoms with Crippen LogP contribution in [0.5, 0.6) is 0 Å². The van der Waals surface area contributed by atoms with Crippen LogP contribution in [0.2, 0.25) is 0 Å². The SMILES string of the molecule is FC(F)(F)C(CCl)C(Cl)(Cl)Cl. The Labute approximate surface area is 81.5 Å². The first-order valence-electron chi connectivity index (χ1n) is 2.39. The van der Waals surface area contributed by atoms with Crippen molar-refractivity contribution in [2.45, 2.75) is 9.97 Å². The maximum atomic E-state index is 11.9. The van der Waals surface area contributed by atoms with Crippen molar-refractivity contribution in [2.24, 2.45) is 5.92 Å². The van der Waals surface area contributed by atoms with Crippen molar-refractivity contribution in [1.82, 2.24) is 0 Å². The molecule has 0 amide bonds. The molecule has 7 heteroatoms. The van der Waals surface area contributed by atoms with Crippen molar-refractivity contribution < 1.29 is 13.2 Å². The number of rotatable bonds is 1. The van der Waals surface area contributed by atoms with Crippen LogP contribution in [-0.2, 0) is 0 Å². The molecule has 11 heavy (non-hydrogen) atoms. The van der Waals surface area contributed by atoms with Gasteiger partial charge in [-0.2, -0.15) is 13.2 Å². The zero-order valence-electron chi connectivity index (χ0n) is 4.93. The zero-order valence-corrected chi connectivity index (χ0v) is 7.95. The Balaban J connectivity index is 4.43. The summed E-state index contributed by atoms with van der Waals surface area (Å²) in [7, 11) is 0. The van der Waals surface area contributed by atoms with Gasteiger partial charge in [-0.15, -0.1) is 11.6 Å². The molecule has 0 aliphatic rings. The van der Waals surface area contributed by atoms with Crippen molar-refractivity contribution in [3.8, 4) is 0 Å². The Hall–Kier alpha value is 0.950. The Morgan fingerprint density at radius 1 is 1.09 bits per heavy atom. The summed E-state index contributed by atoms with van der Waals surface area (Å²) in [6.07, 6.45) is -4.58. The van der Waals surface area contributed by atoms with Gasteiger partial charge in [0, 0.05) is 5.88 Å². The molecule has 0 radical (unpaired) electrons. The van der Waals surface area contributed by atoms with E-state index in [1.165, 1.54) is 0 Å². The molecular weight excluding hydrogens is 247 g/mol. The van der Waals surface area contributed by atoms with Crippen LogP contribution < -0.4 is 0 Å². The third kappa shape index (κ3) is 3.92. The minimum absolute atomic E-state index is 0.764. The molecule has 0 heterocycles. The summed E-state index contributed by atoms with van der Waals surface area (Å²) < 4.78 is 33.2. The molecule has 0 nitrogen and oxygen atoms in total. The fraction of sp³-hybridized carbons (Fsp3) is 1.00. The van der Waals surface area contributed by atoms with E-state index in [0.717, 1.165) is 0 Å². The second kappa shape index (κ2) is 3.77. The van der Waals surface area contributed by atoms with Crippen LogP contribution in [0.25, 0.3) is 0 Å². The molecule has 0 aromatic carbocycles. The van der Waals surface area contributed by atoms with E-state index in [0.29, 0.717) is 0 Å². The van der Waals surface area contributed by atoms with Gasteiger partial charge in [0.05, 0.1) is 0 Å². The summed E-state index contributed by atoms with van der Waals surface area (Å²) in [5, 5.41) is 0. The van der Waals surface area contributed by atoms with Gasteiger partial charge in [0.15, 0.2) is 0 Å². The molecule has 0 spiro atoms. The molecule has 0 saturated heterocycles. The molecule has 0 aliphatic heterocycles. The summed E-state index contributed by atoms with van der Waals surface area (Å²) >= 11 is 20.0. The molecule has 0 fully saturated rings. The van der Waals surface area contributed by atoms with Crippen molar-refractivity contribution in [1.29, 1.82) is 0 Å². The largest absolute Gasteiger partial charge is 0.397 e. The van der Waals surface area contributed by atoms with Crippen LogP contribution in [0.4, 0.5) is 13.2 Å². The quantitative estimate of drug-likeness (QED) is 0.621. The number of hydrogen-bond acceptors (Lipinski definition) is 0. The third-order valence-corrected chi connectivity index (χ3v) is 2.04. The first-order valence-corrected chi connectivity index (χ1v) is 4.06. The van der Waals surface area contributed by atoms with E-state index in [2.05, 4.69) is 0 Å². The van der Waals surface area contributed by atoms with Gasteiger partial charge in [0.25, 0.3) is 0 Å². The fourth-order valence-electron chi connectivity index (χ4n) is 0.361. The molecule has 1 atom stereocenters. The molecule has 0 saturated carbocycles. The van der Waals surface area contributed by atoms with Gasteiger partial charge in [-0.05, 0) is 0 Å². The summed E-state index contributed by atoms with van der Waals surface area (Å²) in [5.74, 6) is -2.89. The van der Waals surface area contributed by atoms with Crippen molar-refractivity contribution >= 4 is 46.4 Å². The third-order valence-electron chi connectivity index (χ3n) is 0.945. The van der Waals surface area contributed by atoms with Crippen LogP contribution in [0, 0.1) is 5.92 Å². The standard InChI is InChI=1S/C4H3Cl4F3/c5-1-2(3(6,7)8)4(9,10)11/h2H,1H2. The molecule has 0 aromatic rings. The maximum absolute atomic E-state index is 11.9. The van der Waals surface area contributed by atoms with E-state index in [4.69, 9.17) is 46.4 Å². The molecule has 0 aromatic heterocycles. The van der Waals surface area contributed by atoms with Crippen LogP contribution in [0.1, 0.15) is 0 Å². The van der Waals surface area contributed by atoms with E-state index in [1.54, 1.807) is 0 Å². The number of hydrogen-bond donors (Lipinski definition) is 0. The highest BCUT2D eigenvalue weighted by Gasteiger charge is 2.50. The molecule has 0 aliphatic carbocycles. The second-order valence-electron chi connectivity index (χ2n) is 1.79. The number of alkyl halides is 7. The van der Waals surface area contributed by atoms with E-state index in [-0.39, 0.29) is 0 Å². The van der Waals surface area contributed by atoms with Gasteiger partial charge in [-0.25, -0.2) is 0 Å². The van der Waals surface area contributed by atoms with Gasteiger partial charge >= 0.3 is 6.18 Å². The molecule has 0 bridgehead atoms. The monoisotopic (exact) mass is 248 g/mol. The van der Waals surface area contributed by atoms with Crippen LogP contribution >= 0.6 is 46.4 Å². The van der Waals surface area contributed by atoms with Gasteiger partial charge in [-0.1, -0.05) is 34.8 Å². The lowest BCUT2D eigenvalue weighted by atomic mass is 10.2. The first kappa shape index (κ1) is 11.9. The highest BCUT2D eigenvalue weighted by Crippen LogP contribution is 2.44. The summed E-state index contributed by atoms with van der Waals surface area (Å²) in [5.41, 5.74) is 0. The Morgan fingerprint density at radius 3 is 1.45 bits per heavy atom. The smallest absolute Gasteiger partial charge is 0.171 e. The van der Waals surface area contributed by atoms with Gasteiger partial charge in [-0.3, -0.25) is 0 Å². The minimum atomic E-state index is -4.58. The van der Waals surface area contributed by atoms with Crippen LogP contribution in [-0.4, -0.2) is 15.8 Å². The van der Waals surface area contributed by atoms with E-state index >= 15 is 0 Å². The van der Waals surface area contributed by atoms with Crippen molar-refractivity contribution in [2.75, 3.05) is 5.88 Å². The van der Waals surface area contributed by atoms with Crippen molar-refractivity contribution in [3.05, 3.63) is 0 Å². The predicted octanol–water partition coefficient (Wildman–Crippen LogP) is 3.77. The van der Waals surface area contributed by atoms with E-state index in [1.807, 2.05) is 0 Å². The zero-order chi connectivity index (χ0) is 9.28. The predicted molar refractivity (Wildman–Crippen MR) is 40.6 cm³/mol. The van der Waals surface area contributed by atoms with Gasteiger partial charge in [0.1, 0.15) is 5.92 Å². The maximum Gasteiger partial charge on any atom is 0.397 e. The second-order valence-corrected chi connectivity index (χ2v) is 4.47. The van der Waals surface area contributed by atoms with Crippen LogP contribution in [0.3, 0.4) is 0 Å². The summed E-state index contributed by atoms with van der Waals surface area (Å²) in [6, 6.07) is 0. The number of halogens is 7. The van der Waals surface area contributed by atoms with Crippen molar-refractivity contribution in [3.63, 3.8) is 0 Å². The normalized spacial score (nSPS) is 16.6. The van der Waals surface area contributed by atoms with Crippen LogP contribution in [0.15, 0.2) is 0 Å². The molecule has 0 rings (SSSR count). The highest BCUT2D eigenvalue weighted by molar-refractivity contribution is 6.67. The Morgan fingerprint density at radius 2 is 1.45 bits per heavy atom. The Kier molecular flexibility index (Phi) is 4.10. The summed E-state index contributed by atoms with van der Waals surface area (Å²) in [4.78, 5) is 0. The average Bonchev–Trinajstić information content (AvgIpc) is 1.56. The summed E-state index contributed by atoms with van der Waals surface area (Å²) in [6.45, 7) is 0. The molecular formula is C4H3Cl4F3. The lowest BCUT2D eigenvalue weighted by molar-refractivity contribution is -0.167. The van der Waals surface area contributed by atoms with E-state index in [9.17, 15) is 13.2 Å². The van der Waals surface area contributed by atoms with E-state index < -0.39 is 21.8 Å². The highest BCUT2D eigenvalue weighted by atomic mass is 35.6. The molecule has 68 valence electrons.